The molecule has 0 aromatic heterocycles. The monoisotopic (exact) mass is 675 g/mol. The van der Waals surface area contributed by atoms with Crippen molar-refractivity contribution in [2.75, 3.05) is 6.61 Å². The molecular weight excluding hydrogens is 618 g/mol. The molecule has 266 valence electrons. The van der Waals surface area contributed by atoms with E-state index >= 15 is 0 Å². The number of benzene rings is 4. The van der Waals surface area contributed by atoms with Gasteiger partial charge < -0.3 is 9.47 Å². The van der Waals surface area contributed by atoms with Crippen LogP contribution in [0.5, 0.6) is 5.75 Å². The Kier molecular flexibility index (Phi) is 17.6. The largest absolute Gasteiger partial charge is 0.488 e. The van der Waals surface area contributed by atoms with Gasteiger partial charge in [0, 0.05) is 6.07 Å². The molecule has 50 heavy (non-hydrogen) atoms. The van der Waals surface area contributed by atoms with E-state index in [9.17, 15) is 9.65 Å². The van der Waals surface area contributed by atoms with Crippen LogP contribution in [0, 0.1) is 17.1 Å². The summed E-state index contributed by atoms with van der Waals surface area (Å²) in [5.41, 5.74) is 2.44. The summed E-state index contributed by atoms with van der Waals surface area (Å²) in [4.78, 5) is 0. The van der Waals surface area contributed by atoms with Gasteiger partial charge in [-0.15, -0.1) is 0 Å². The molecule has 0 saturated carbocycles. The Morgan fingerprint density at radius 3 is 1.42 bits per heavy atom. The molecule has 0 heterocycles. The van der Waals surface area contributed by atoms with Gasteiger partial charge in [0.25, 0.3) is 0 Å². The van der Waals surface area contributed by atoms with E-state index in [0.717, 1.165) is 36.0 Å². The lowest BCUT2D eigenvalue weighted by Crippen LogP contribution is -2.37. The molecule has 0 aliphatic heterocycles. The number of halogens is 1. The van der Waals surface area contributed by atoms with Crippen LogP contribution in [0.3, 0.4) is 0 Å². The number of ether oxygens (including phenoxy) is 2. The van der Waals surface area contributed by atoms with Gasteiger partial charge in [0.1, 0.15) is 23.3 Å². The highest BCUT2D eigenvalue weighted by Gasteiger charge is 2.38. The zero-order valence-corrected chi connectivity index (χ0v) is 30.3. The number of unbranched alkanes of at least 4 members (excludes halogenated alkanes) is 15. The van der Waals surface area contributed by atoms with Crippen LogP contribution in [-0.4, -0.2) is 12.7 Å². The van der Waals surface area contributed by atoms with Gasteiger partial charge in [0.15, 0.2) is 0 Å². The van der Waals surface area contributed by atoms with Crippen molar-refractivity contribution in [1.82, 2.24) is 0 Å². The molecule has 4 aromatic rings. The van der Waals surface area contributed by atoms with Crippen LogP contribution in [0.25, 0.3) is 0 Å². The average Bonchev–Trinajstić information content (AvgIpc) is 3.15. The fourth-order valence-corrected chi connectivity index (χ4v) is 6.97. The average molecular weight is 676 g/mol. The molecule has 4 rings (SSSR count). The molecule has 1 unspecified atom stereocenters. The van der Waals surface area contributed by atoms with E-state index < -0.39 is 11.4 Å². The molecule has 0 aliphatic rings. The highest BCUT2D eigenvalue weighted by atomic mass is 19.1. The fourth-order valence-electron chi connectivity index (χ4n) is 6.97. The van der Waals surface area contributed by atoms with Crippen molar-refractivity contribution < 1.29 is 13.9 Å². The summed E-state index contributed by atoms with van der Waals surface area (Å²) in [6.07, 6.45) is 21.5. The second kappa shape index (κ2) is 22.7. The number of hydrogen-bond donors (Lipinski definition) is 0. The summed E-state index contributed by atoms with van der Waals surface area (Å²) < 4.78 is 28.0. The van der Waals surface area contributed by atoms with Crippen LogP contribution in [0.1, 0.15) is 138 Å². The summed E-state index contributed by atoms with van der Waals surface area (Å²) in [6.45, 7) is 2.57. The van der Waals surface area contributed by atoms with Crippen molar-refractivity contribution >= 4 is 0 Å². The van der Waals surface area contributed by atoms with Gasteiger partial charge in [-0.3, -0.25) is 0 Å². The third kappa shape index (κ3) is 12.7. The quantitative estimate of drug-likeness (QED) is 0.0519. The Morgan fingerprint density at radius 1 is 0.580 bits per heavy atom. The second-order valence-electron chi connectivity index (χ2n) is 13.7. The maximum atomic E-state index is 14.5. The Hall–Kier alpha value is -3.94. The summed E-state index contributed by atoms with van der Waals surface area (Å²) in [6, 6.07) is 37.2. The Morgan fingerprint density at radius 2 is 1.00 bits per heavy atom. The van der Waals surface area contributed by atoms with Crippen molar-refractivity contribution in [2.24, 2.45) is 0 Å². The third-order valence-electron chi connectivity index (χ3n) is 9.71. The van der Waals surface area contributed by atoms with Crippen LogP contribution in [0.15, 0.2) is 109 Å². The van der Waals surface area contributed by atoms with Crippen LogP contribution in [0.2, 0.25) is 0 Å². The number of hydrogen-bond acceptors (Lipinski definition) is 3. The van der Waals surface area contributed by atoms with Gasteiger partial charge in [-0.05, 0) is 41.7 Å². The van der Waals surface area contributed by atoms with Gasteiger partial charge >= 0.3 is 0 Å². The Bertz CT molecular complexity index is 1410. The molecule has 0 N–H and O–H groups in total. The molecule has 0 spiro atoms. The fraction of sp³-hybridized carbons (Fsp3) is 0.457. The highest BCUT2D eigenvalue weighted by molar-refractivity contribution is 5.47. The molecule has 0 amide bonds. The summed E-state index contributed by atoms with van der Waals surface area (Å²) in [5.74, 6) is -0.121. The van der Waals surface area contributed by atoms with Crippen molar-refractivity contribution in [3.63, 3.8) is 0 Å². The molecule has 0 aliphatic carbocycles. The summed E-state index contributed by atoms with van der Waals surface area (Å²) in [7, 11) is 0. The Labute approximate surface area is 301 Å². The van der Waals surface area contributed by atoms with Gasteiger partial charge in [-0.2, -0.15) is 5.26 Å². The number of rotatable bonds is 25. The maximum absolute atomic E-state index is 14.5. The lowest BCUT2D eigenvalue weighted by atomic mass is 9.80. The van der Waals surface area contributed by atoms with Gasteiger partial charge in [0.05, 0.1) is 18.2 Å². The topological polar surface area (TPSA) is 42.2 Å². The van der Waals surface area contributed by atoms with Crippen LogP contribution < -0.4 is 4.74 Å². The minimum atomic E-state index is -0.875. The predicted octanol–water partition coefficient (Wildman–Crippen LogP) is 13.1. The second-order valence-corrected chi connectivity index (χ2v) is 13.7. The van der Waals surface area contributed by atoms with E-state index in [-0.39, 0.29) is 18.3 Å². The first kappa shape index (κ1) is 38.9. The van der Waals surface area contributed by atoms with E-state index in [1.54, 1.807) is 6.07 Å². The Balaban J connectivity index is 1.35. The normalized spacial score (nSPS) is 12.0. The van der Waals surface area contributed by atoms with E-state index in [4.69, 9.17) is 9.47 Å². The van der Waals surface area contributed by atoms with E-state index in [0.29, 0.717) is 5.75 Å². The molecule has 3 nitrogen and oxygen atoms in total. The first-order valence-corrected chi connectivity index (χ1v) is 19.3. The standard InChI is InChI=1S/C46H58FNO2/c1-2-3-4-5-6-7-8-9-10-11-12-13-14-15-16-26-33-44(50-45-35-39(37-48)34-43(47)36-45)38-49-46(40-27-20-17-21-28-40,41-29-22-18-23-30-41)42-31-24-19-25-32-42/h17-25,27-32,34-36,44H,2-16,26,33,38H2,1H3. The lowest BCUT2D eigenvalue weighted by molar-refractivity contribution is -0.0330. The molecule has 1 atom stereocenters. The molecule has 0 bridgehead atoms. The molecule has 0 radical (unpaired) electrons. The number of nitrogens with zero attached hydrogens (tertiary/aromatic N) is 1. The van der Waals surface area contributed by atoms with Gasteiger partial charge in [-0.25, -0.2) is 4.39 Å². The molecule has 4 aromatic carbocycles. The zero-order chi connectivity index (χ0) is 35.1. The third-order valence-corrected chi connectivity index (χ3v) is 9.71. The van der Waals surface area contributed by atoms with Crippen molar-refractivity contribution in [3.8, 4) is 11.8 Å². The van der Waals surface area contributed by atoms with Gasteiger partial charge in [-0.1, -0.05) is 194 Å². The highest BCUT2D eigenvalue weighted by Crippen LogP contribution is 2.41. The first-order chi connectivity index (χ1) is 24.7. The van der Waals surface area contributed by atoms with Crippen LogP contribution in [-0.2, 0) is 10.3 Å². The predicted molar refractivity (Wildman–Crippen MR) is 205 cm³/mol. The molecule has 0 fully saturated rings. The summed E-state index contributed by atoms with van der Waals surface area (Å²) >= 11 is 0. The van der Waals surface area contributed by atoms with Crippen LogP contribution in [0.4, 0.5) is 4.39 Å². The molecular formula is C46H58FNO2. The lowest BCUT2D eigenvalue weighted by Gasteiger charge is -2.37. The van der Waals surface area contributed by atoms with Crippen molar-refractivity contribution in [1.29, 1.82) is 5.26 Å². The SMILES string of the molecule is CCCCCCCCCCCCCCCCCCC(COC(c1ccccc1)(c1ccccc1)c1ccccc1)Oc1cc(F)cc(C#N)c1. The van der Waals surface area contributed by atoms with Crippen LogP contribution >= 0.6 is 0 Å². The molecule has 4 heteroatoms. The van der Waals surface area contributed by atoms with E-state index in [2.05, 4.69) is 49.4 Å². The van der Waals surface area contributed by atoms with Crippen molar-refractivity contribution in [2.45, 2.75) is 128 Å². The smallest absolute Gasteiger partial charge is 0.143 e. The number of nitriles is 1. The van der Waals surface area contributed by atoms with Gasteiger partial charge in [0.2, 0.25) is 0 Å². The minimum absolute atomic E-state index is 0.245. The first-order valence-electron chi connectivity index (χ1n) is 19.3. The minimum Gasteiger partial charge on any atom is -0.488 e. The van der Waals surface area contributed by atoms with Crippen molar-refractivity contribution in [3.05, 3.63) is 137 Å². The maximum Gasteiger partial charge on any atom is 0.143 e. The summed E-state index contributed by atoms with van der Waals surface area (Å²) in [5, 5.41) is 9.47. The van der Waals surface area contributed by atoms with E-state index in [1.807, 2.05) is 54.6 Å². The zero-order valence-electron chi connectivity index (χ0n) is 30.3. The van der Waals surface area contributed by atoms with E-state index in [1.165, 1.54) is 102 Å². The molecule has 0 saturated heterocycles.